The molecule has 0 aliphatic heterocycles. The van der Waals surface area contributed by atoms with E-state index in [1.165, 1.54) is 0 Å². The second-order valence-electron chi connectivity index (χ2n) is 4.04. The van der Waals surface area contributed by atoms with Crippen LogP contribution in [0.1, 0.15) is 13.8 Å². The van der Waals surface area contributed by atoms with E-state index in [1.807, 2.05) is 44.2 Å². The number of thioether (sulfide) groups is 1. The summed E-state index contributed by atoms with van der Waals surface area (Å²) in [5.74, 6) is 1.07. The average Bonchev–Trinajstić information content (AvgIpc) is 2.27. The van der Waals surface area contributed by atoms with E-state index in [-0.39, 0.29) is 5.78 Å². The third kappa shape index (κ3) is 3.88. The molecule has 0 aromatic heterocycles. The van der Waals surface area contributed by atoms with E-state index in [0.29, 0.717) is 11.6 Å². The highest BCUT2D eigenvalue weighted by Gasteiger charge is 2.25. The highest BCUT2D eigenvalue weighted by Crippen LogP contribution is 2.24. The monoisotopic (exact) mass is 242 g/mol. The van der Waals surface area contributed by atoms with Gasteiger partial charge in [0.05, 0.1) is 5.75 Å². The Balaban J connectivity index is 2.48. The van der Waals surface area contributed by atoms with Crippen LogP contribution in [-0.4, -0.2) is 17.4 Å². The molecule has 0 aliphatic carbocycles. The lowest BCUT2D eigenvalue weighted by molar-refractivity contribution is -0.123. The molecule has 0 amide bonds. The number of carbonyl (C=O) groups is 1. The number of hydrogen-bond acceptors (Lipinski definition) is 2. The molecule has 1 rings (SSSR count). The summed E-state index contributed by atoms with van der Waals surface area (Å²) in [4.78, 5) is 12.9. The minimum atomic E-state index is -0.413. The molecular formula is C12H15ClOS. The van der Waals surface area contributed by atoms with Crippen molar-refractivity contribution in [2.24, 2.45) is 5.41 Å². The summed E-state index contributed by atoms with van der Waals surface area (Å²) in [5, 5.41) is 0. The van der Waals surface area contributed by atoms with Crippen LogP contribution in [0, 0.1) is 5.41 Å². The van der Waals surface area contributed by atoms with Crippen molar-refractivity contribution in [3.63, 3.8) is 0 Å². The zero-order valence-electron chi connectivity index (χ0n) is 9.00. The Labute approximate surface area is 100 Å². The SMILES string of the molecule is CC(C)(CCl)C(=O)CSc1ccccc1. The molecule has 0 saturated carbocycles. The van der Waals surface area contributed by atoms with Crippen molar-refractivity contribution in [2.45, 2.75) is 18.7 Å². The van der Waals surface area contributed by atoms with Crippen LogP contribution in [0.2, 0.25) is 0 Å². The van der Waals surface area contributed by atoms with Gasteiger partial charge in [-0.3, -0.25) is 4.79 Å². The number of rotatable bonds is 5. The third-order valence-electron chi connectivity index (χ3n) is 2.20. The molecule has 0 radical (unpaired) electrons. The molecule has 1 nitrogen and oxygen atoms in total. The van der Waals surface area contributed by atoms with Gasteiger partial charge in [-0.05, 0) is 12.1 Å². The number of benzene rings is 1. The predicted molar refractivity (Wildman–Crippen MR) is 66.7 cm³/mol. The molecule has 0 fully saturated rings. The molecule has 0 heterocycles. The molecule has 0 N–H and O–H groups in total. The topological polar surface area (TPSA) is 17.1 Å². The highest BCUT2D eigenvalue weighted by molar-refractivity contribution is 8.00. The molecule has 1 aromatic rings. The second kappa shape index (κ2) is 5.57. The summed E-state index contributed by atoms with van der Waals surface area (Å²) >= 11 is 7.30. The van der Waals surface area contributed by atoms with Crippen molar-refractivity contribution in [3.05, 3.63) is 30.3 Å². The Morgan fingerprint density at radius 2 is 1.93 bits per heavy atom. The van der Waals surface area contributed by atoms with E-state index in [4.69, 9.17) is 11.6 Å². The quantitative estimate of drug-likeness (QED) is 0.580. The molecule has 15 heavy (non-hydrogen) atoms. The zero-order valence-corrected chi connectivity index (χ0v) is 10.6. The fourth-order valence-electron chi connectivity index (χ4n) is 0.935. The molecule has 0 bridgehead atoms. The Bertz CT molecular complexity index is 322. The number of carbonyl (C=O) groups excluding carboxylic acids is 1. The maximum Gasteiger partial charge on any atom is 0.149 e. The number of halogens is 1. The van der Waals surface area contributed by atoms with Gasteiger partial charge < -0.3 is 0 Å². The van der Waals surface area contributed by atoms with Crippen LogP contribution in [-0.2, 0) is 4.79 Å². The van der Waals surface area contributed by atoms with Gasteiger partial charge in [-0.2, -0.15) is 0 Å². The largest absolute Gasteiger partial charge is 0.298 e. The molecule has 3 heteroatoms. The molecule has 0 unspecified atom stereocenters. The van der Waals surface area contributed by atoms with E-state index in [9.17, 15) is 4.79 Å². The van der Waals surface area contributed by atoms with Gasteiger partial charge >= 0.3 is 0 Å². The first kappa shape index (κ1) is 12.6. The van der Waals surface area contributed by atoms with E-state index in [0.717, 1.165) is 4.90 Å². The van der Waals surface area contributed by atoms with Crippen molar-refractivity contribution in [3.8, 4) is 0 Å². The lowest BCUT2D eigenvalue weighted by Crippen LogP contribution is -2.27. The summed E-state index contributed by atoms with van der Waals surface area (Å²) in [6.07, 6.45) is 0. The average molecular weight is 243 g/mol. The molecule has 82 valence electrons. The predicted octanol–water partition coefficient (Wildman–Crippen LogP) is 3.61. The second-order valence-corrected chi connectivity index (χ2v) is 5.36. The summed E-state index contributed by atoms with van der Waals surface area (Å²) in [7, 11) is 0. The van der Waals surface area contributed by atoms with E-state index < -0.39 is 5.41 Å². The molecule has 0 atom stereocenters. The number of Topliss-reactive ketones (excluding diaryl/α,β-unsaturated/α-hetero) is 1. The first-order valence-electron chi connectivity index (χ1n) is 4.83. The van der Waals surface area contributed by atoms with Gasteiger partial charge in [0.15, 0.2) is 0 Å². The molecule has 0 aliphatic rings. The third-order valence-corrected chi connectivity index (χ3v) is 3.88. The number of alkyl halides is 1. The molecule has 1 aromatic carbocycles. The summed E-state index contributed by atoms with van der Waals surface area (Å²) < 4.78 is 0. The minimum absolute atomic E-state index is 0.200. The van der Waals surface area contributed by atoms with E-state index in [2.05, 4.69) is 0 Å². The van der Waals surface area contributed by atoms with Gasteiger partial charge in [-0.15, -0.1) is 23.4 Å². The fourth-order valence-corrected chi connectivity index (χ4v) is 2.12. The van der Waals surface area contributed by atoms with Gasteiger partial charge in [-0.25, -0.2) is 0 Å². The van der Waals surface area contributed by atoms with Gasteiger partial charge in [-0.1, -0.05) is 32.0 Å². The van der Waals surface area contributed by atoms with Crippen molar-refractivity contribution >= 4 is 29.1 Å². The Kier molecular flexibility index (Phi) is 4.68. The lowest BCUT2D eigenvalue weighted by Gasteiger charge is -2.18. The Morgan fingerprint density at radius 1 is 1.33 bits per heavy atom. The van der Waals surface area contributed by atoms with Gasteiger partial charge in [0.2, 0.25) is 0 Å². The van der Waals surface area contributed by atoms with Crippen molar-refractivity contribution in [1.29, 1.82) is 0 Å². The van der Waals surface area contributed by atoms with Crippen LogP contribution >= 0.6 is 23.4 Å². The van der Waals surface area contributed by atoms with Gasteiger partial charge in [0.25, 0.3) is 0 Å². The van der Waals surface area contributed by atoms with Crippen LogP contribution in [0.4, 0.5) is 0 Å². The fraction of sp³-hybridized carbons (Fsp3) is 0.417. The maximum absolute atomic E-state index is 11.8. The first-order valence-corrected chi connectivity index (χ1v) is 6.35. The Morgan fingerprint density at radius 3 is 2.47 bits per heavy atom. The number of hydrogen-bond donors (Lipinski definition) is 0. The van der Waals surface area contributed by atoms with E-state index in [1.54, 1.807) is 11.8 Å². The van der Waals surface area contributed by atoms with Crippen LogP contribution in [0.3, 0.4) is 0 Å². The van der Waals surface area contributed by atoms with Crippen molar-refractivity contribution in [1.82, 2.24) is 0 Å². The van der Waals surface area contributed by atoms with Crippen LogP contribution in [0.25, 0.3) is 0 Å². The normalized spacial score (nSPS) is 11.4. The van der Waals surface area contributed by atoms with E-state index >= 15 is 0 Å². The van der Waals surface area contributed by atoms with Gasteiger partial charge in [0, 0.05) is 16.2 Å². The molecular weight excluding hydrogens is 228 g/mol. The van der Waals surface area contributed by atoms with Crippen LogP contribution in [0.5, 0.6) is 0 Å². The number of ketones is 1. The first-order chi connectivity index (χ1) is 7.06. The molecule has 0 saturated heterocycles. The summed E-state index contributed by atoms with van der Waals surface area (Å²) in [6, 6.07) is 9.92. The van der Waals surface area contributed by atoms with Gasteiger partial charge in [0.1, 0.15) is 5.78 Å². The van der Waals surface area contributed by atoms with Crippen molar-refractivity contribution < 1.29 is 4.79 Å². The van der Waals surface area contributed by atoms with Crippen LogP contribution < -0.4 is 0 Å². The minimum Gasteiger partial charge on any atom is -0.298 e. The Hall–Kier alpha value is -0.470. The maximum atomic E-state index is 11.8. The molecule has 0 spiro atoms. The van der Waals surface area contributed by atoms with Crippen molar-refractivity contribution in [2.75, 3.05) is 11.6 Å². The summed E-state index contributed by atoms with van der Waals surface area (Å²) in [5.41, 5.74) is -0.413. The zero-order chi connectivity index (χ0) is 11.3. The smallest absolute Gasteiger partial charge is 0.149 e. The standard InChI is InChI=1S/C12H15ClOS/c1-12(2,9-13)11(14)8-15-10-6-4-3-5-7-10/h3-7H,8-9H2,1-2H3. The lowest BCUT2D eigenvalue weighted by atomic mass is 9.92. The highest BCUT2D eigenvalue weighted by atomic mass is 35.5. The van der Waals surface area contributed by atoms with Crippen LogP contribution in [0.15, 0.2) is 35.2 Å². The summed E-state index contributed by atoms with van der Waals surface area (Å²) in [6.45, 7) is 3.77.